The van der Waals surface area contributed by atoms with Crippen molar-refractivity contribution in [3.63, 3.8) is 0 Å². The fraction of sp³-hybridized carbons (Fsp3) is 0. The number of allylic oxidation sites excluding steroid dienone is 1. The molecule has 23 heavy (non-hydrogen) atoms. The highest BCUT2D eigenvalue weighted by Crippen LogP contribution is 2.35. The van der Waals surface area contributed by atoms with Gasteiger partial charge in [0, 0.05) is 7.92 Å². The van der Waals surface area contributed by atoms with Crippen molar-refractivity contribution in [1.29, 1.82) is 0 Å². The monoisotopic (exact) mass is 316 g/mol. The van der Waals surface area contributed by atoms with Gasteiger partial charge in [-0.2, -0.15) is 0 Å². The minimum absolute atomic E-state index is 0.154. The molecule has 0 spiro atoms. The molecule has 3 rings (SSSR count). The molecule has 0 aromatic heterocycles. The van der Waals surface area contributed by atoms with Crippen molar-refractivity contribution in [2.75, 3.05) is 0 Å². The summed E-state index contributed by atoms with van der Waals surface area (Å²) >= 11 is 0. The molecule has 0 saturated heterocycles. The number of carbonyl (C=O) groups is 1. The summed E-state index contributed by atoms with van der Waals surface area (Å²) in [6.45, 7) is 0. The predicted molar refractivity (Wildman–Crippen MR) is 99.6 cm³/mol. The van der Waals surface area contributed by atoms with Gasteiger partial charge in [0.25, 0.3) is 0 Å². The Bertz CT molecular complexity index is 740. The number of rotatable bonds is 5. The van der Waals surface area contributed by atoms with Gasteiger partial charge in [0.15, 0.2) is 5.52 Å². The Morgan fingerprint density at radius 2 is 1.09 bits per heavy atom. The minimum Gasteiger partial charge on any atom is -0.289 e. The lowest BCUT2D eigenvalue weighted by atomic mass is 10.2. The first kappa shape index (κ1) is 15.4. The highest BCUT2D eigenvalue weighted by molar-refractivity contribution is 7.88. The van der Waals surface area contributed by atoms with E-state index in [1.54, 1.807) is 6.08 Å². The fourth-order valence-corrected chi connectivity index (χ4v) is 4.34. The summed E-state index contributed by atoms with van der Waals surface area (Å²) in [5.74, 6) is 0. The molecule has 2 heteroatoms. The second kappa shape index (κ2) is 7.67. The Hall–Kier alpha value is -2.50. The largest absolute Gasteiger partial charge is 0.289 e. The van der Waals surface area contributed by atoms with Crippen molar-refractivity contribution in [3.05, 3.63) is 103 Å². The molecule has 0 unspecified atom stereocenters. The number of hydrogen-bond acceptors (Lipinski definition) is 1. The molecule has 1 nitrogen and oxygen atoms in total. The van der Waals surface area contributed by atoms with Crippen LogP contribution in [0.5, 0.6) is 0 Å². The van der Waals surface area contributed by atoms with E-state index >= 15 is 0 Å². The van der Waals surface area contributed by atoms with Gasteiger partial charge >= 0.3 is 0 Å². The van der Waals surface area contributed by atoms with Crippen LogP contribution in [0.2, 0.25) is 0 Å². The van der Waals surface area contributed by atoms with Crippen molar-refractivity contribution in [3.8, 4) is 0 Å². The van der Waals surface area contributed by atoms with E-state index in [2.05, 4.69) is 0 Å². The molecule has 0 saturated carbocycles. The van der Waals surface area contributed by atoms with Crippen LogP contribution in [0.3, 0.4) is 0 Å². The van der Waals surface area contributed by atoms with Crippen molar-refractivity contribution in [2.24, 2.45) is 0 Å². The summed E-state index contributed by atoms with van der Waals surface area (Å²) in [6.07, 6.45) is 3.60. The standard InChI is InChI=1S/C21H17OP/c22-21(17-16-18-10-4-1-5-11-18)23(19-12-6-2-7-13-19)20-14-8-3-9-15-20/h1-17H/b17-16+. The van der Waals surface area contributed by atoms with Gasteiger partial charge in [-0.1, -0.05) is 97.1 Å². The van der Waals surface area contributed by atoms with Crippen molar-refractivity contribution < 1.29 is 4.79 Å². The Morgan fingerprint density at radius 3 is 1.57 bits per heavy atom. The second-order valence-corrected chi connectivity index (χ2v) is 7.23. The lowest BCUT2D eigenvalue weighted by molar-refractivity contribution is -0.107. The third kappa shape index (κ3) is 4.03. The van der Waals surface area contributed by atoms with Crippen LogP contribution in [-0.2, 0) is 4.79 Å². The van der Waals surface area contributed by atoms with E-state index in [1.165, 1.54) is 0 Å². The van der Waals surface area contributed by atoms with Gasteiger partial charge < -0.3 is 0 Å². The third-order valence-electron chi connectivity index (χ3n) is 3.47. The van der Waals surface area contributed by atoms with Crippen molar-refractivity contribution in [1.82, 2.24) is 0 Å². The van der Waals surface area contributed by atoms with Crippen LogP contribution in [0.1, 0.15) is 5.56 Å². The highest BCUT2D eigenvalue weighted by Gasteiger charge is 2.19. The molecule has 112 valence electrons. The van der Waals surface area contributed by atoms with E-state index in [0.717, 1.165) is 16.2 Å². The fourth-order valence-electron chi connectivity index (χ4n) is 2.36. The summed E-state index contributed by atoms with van der Waals surface area (Å²) in [4.78, 5) is 12.9. The van der Waals surface area contributed by atoms with Crippen LogP contribution in [0, 0.1) is 0 Å². The smallest absolute Gasteiger partial charge is 0.186 e. The molecule has 0 fully saturated rings. The minimum atomic E-state index is -1.03. The zero-order valence-electron chi connectivity index (χ0n) is 12.7. The van der Waals surface area contributed by atoms with Gasteiger partial charge in [-0.3, -0.25) is 4.79 Å². The van der Waals surface area contributed by atoms with Crippen LogP contribution in [0.15, 0.2) is 97.1 Å². The Labute approximate surface area is 138 Å². The van der Waals surface area contributed by atoms with Crippen LogP contribution < -0.4 is 10.6 Å². The molecular formula is C21H17OP. The molecule has 0 bridgehead atoms. The number of benzene rings is 3. The highest BCUT2D eigenvalue weighted by atomic mass is 31.1. The molecule has 0 heterocycles. The van der Waals surface area contributed by atoms with Crippen molar-refractivity contribution >= 4 is 30.1 Å². The summed E-state index contributed by atoms with van der Waals surface area (Å²) in [6, 6.07) is 30.0. The van der Waals surface area contributed by atoms with E-state index in [4.69, 9.17) is 0 Å². The predicted octanol–water partition coefficient (Wildman–Crippen LogP) is 4.36. The van der Waals surface area contributed by atoms with E-state index in [0.29, 0.717) is 0 Å². The molecule has 0 aliphatic carbocycles. The lowest BCUT2D eigenvalue weighted by Gasteiger charge is -2.15. The van der Waals surface area contributed by atoms with E-state index < -0.39 is 7.92 Å². The second-order valence-electron chi connectivity index (χ2n) is 5.09. The first-order valence-corrected chi connectivity index (χ1v) is 8.86. The third-order valence-corrected chi connectivity index (χ3v) is 5.69. The molecule has 0 aliphatic heterocycles. The maximum absolute atomic E-state index is 12.9. The lowest BCUT2D eigenvalue weighted by Crippen LogP contribution is -2.16. The van der Waals surface area contributed by atoms with Gasteiger partial charge in [0.05, 0.1) is 0 Å². The Morgan fingerprint density at radius 1 is 0.652 bits per heavy atom. The Kier molecular flexibility index (Phi) is 5.13. The topological polar surface area (TPSA) is 17.1 Å². The molecule has 3 aromatic rings. The van der Waals surface area contributed by atoms with Gasteiger partial charge in [0.1, 0.15) is 0 Å². The molecule has 0 amide bonds. The molecular weight excluding hydrogens is 299 g/mol. The molecule has 3 aromatic carbocycles. The van der Waals surface area contributed by atoms with Crippen LogP contribution in [0.4, 0.5) is 0 Å². The van der Waals surface area contributed by atoms with E-state index in [9.17, 15) is 4.79 Å². The molecule has 0 atom stereocenters. The summed E-state index contributed by atoms with van der Waals surface area (Å²) in [5, 5.41) is 2.16. The van der Waals surface area contributed by atoms with Crippen LogP contribution in [0.25, 0.3) is 6.08 Å². The quantitative estimate of drug-likeness (QED) is 0.505. The number of carbonyl (C=O) groups excluding carboxylic acids is 1. The summed E-state index contributed by atoms with van der Waals surface area (Å²) in [5.41, 5.74) is 1.19. The number of hydrogen-bond donors (Lipinski definition) is 0. The zero-order valence-corrected chi connectivity index (χ0v) is 13.6. The maximum Gasteiger partial charge on any atom is 0.186 e. The summed E-state index contributed by atoms with van der Waals surface area (Å²) in [7, 11) is -1.03. The SMILES string of the molecule is O=C(/C=C/c1ccccc1)P(c1ccccc1)c1ccccc1. The molecule has 0 N–H and O–H groups in total. The average molecular weight is 316 g/mol. The normalized spacial score (nSPS) is 11.0. The van der Waals surface area contributed by atoms with Gasteiger partial charge in [-0.05, 0) is 22.2 Å². The average Bonchev–Trinajstić information content (AvgIpc) is 2.63. The molecule has 0 radical (unpaired) electrons. The zero-order chi connectivity index (χ0) is 15.9. The van der Waals surface area contributed by atoms with E-state index in [1.807, 2.05) is 97.1 Å². The van der Waals surface area contributed by atoms with Crippen LogP contribution >= 0.6 is 7.92 Å². The van der Waals surface area contributed by atoms with Crippen LogP contribution in [-0.4, -0.2) is 5.52 Å². The first-order valence-electron chi connectivity index (χ1n) is 7.52. The van der Waals surface area contributed by atoms with Gasteiger partial charge in [-0.25, -0.2) is 0 Å². The van der Waals surface area contributed by atoms with Crippen molar-refractivity contribution in [2.45, 2.75) is 0 Å². The summed E-state index contributed by atoms with van der Waals surface area (Å²) < 4.78 is 0. The van der Waals surface area contributed by atoms with Gasteiger partial charge in [0.2, 0.25) is 0 Å². The first-order chi connectivity index (χ1) is 11.3. The Balaban J connectivity index is 1.93. The maximum atomic E-state index is 12.9. The molecule has 0 aliphatic rings. The van der Waals surface area contributed by atoms with Gasteiger partial charge in [-0.15, -0.1) is 0 Å². The van der Waals surface area contributed by atoms with E-state index in [-0.39, 0.29) is 5.52 Å².